The van der Waals surface area contributed by atoms with E-state index in [2.05, 4.69) is 15.2 Å². The average Bonchev–Trinajstić information content (AvgIpc) is 3.15. The molecule has 138 valence electrons. The second kappa shape index (κ2) is 7.53. The first kappa shape index (κ1) is 17.7. The fourth-order valence-electron chi connectivity index (χ4n) is 3.55. The minimum Gasteiger partial charge on any atom is -0.371 e. The van der Waals surface area contributed by atoms with Gasteiger partial charge in [0, 0.05) is 41.9 Å². The largest absolute Gasteiger partial charge is 0.371 e. The number of carbonyl (C=O) groups excluding carboxylic acids is 1. The van der Waals surface area contributed by atoms with Crippen LogP contribution in [0.5, 0.6) is 0 Å². The standard InChI is InChI=1S/C21H19ClFN3O/c22-16-10-15-2-1-8-24-20(15)19(11-16)21(27)25-12-14-7-9-26(13-14)18-5-3-17(23)4-6-18/h1-6,8,10-11,14H,7,9,12-13H2,(H,25,27). The highest BCUT2D eigenvalue weighted by Gasteiger charge is 2.23. The van der Waals surface area contributed by atoms with Gasteiger partial charge < -0.3 is 10.2 Å². The van der Waals surface area contributed by atoms with Gasteiger partial charge in [-0.3, -0.25) is 9.78 Å². The van der Waals surface area contributed by atoms with Crippen LogP contribution in [0.25, 0.3) is 10.9 Å². The highest BCUT2D eigenvalue weighted by molar-refractivity contribution is 6.32. The minimum absolute atomic E-state index is 0.165. The number of carbonyl (C=O) groups is 1. The van der Waals surface area contributed by atoms with Crippen LogP contribution < -0.4 is 10.2 Å². The van der Waals surface area contributed by atoms with Crippen molar-refractivity contribution in [1.82, 2.24) is 10.3 Å². The van der Waals surface area contributed by atoms with Gasteiger partial charge in [0.15, 0.2) is 0 Å². The van der Waals surface area contributed by atoms with E-state index in [1.54, 1.807) is 30.5 Å². The summed E-state index contributed by atoms with van der Waals surface area (Å²) in [5.74, 6) is -0.0528. The molecule has 1 unspecified atom stereocenters. The minimum atomic E-state index is -0.232. The topological polar surface area (TPSA) is 45.2 Å². The predicted molar refractivity (Wildman–Crippen MR) is 106 cm³/mol. The van der Waals surface area contributed by atoms with E-state index in [-0.39, 0.29) is 11.7 Å². The van der Waals surface area contributed by atoms with E-state index in [0.29, 0.717) is 28.6 Å². The second-order valence-corrected chi connectivity index (χ2v) is 7.25. The fraction of sp³-hybridized carbons (Fsp3) is 0.238. The highest BCUT2D eigenvalue weighted by atomic mass is 35.5. The smallest absolute Gasteiger partial charge is 0.253 e. The summed E-state index contributed by atoms with van der Waals surface area (Å²) >= 11 is 6.15. The fourth-order valence-corrected chi connectivity index (χ4v) is 3.77. The van der Waals surface area contributed by atoms with Gasteiger partial charge in [0.1, 0.15) is 5.82 Å². The van der Waals surface area contributed by atoms with Gasteiger partial charge in [0.2, 0.25) is 0 Å². The maximum atomic E-state index is 13.1. The lowest BCUT2D eigenvalue weighted by atomic mass is 10.1. The van der Waals surface area contributed by atoms with Crippen LogP contribution in [0.1, 0.15) is 16.8 Å². The van der Waals surface area contributed by atoms with Crippen LogP contribution in [0.2, 0.25) is 5.02 Å². The molecular weight excluding hydrogens is 365 g/mol. The Bertz CT molecular complexity index is 977. The van der Waals surface area contributed by atoms with Crippen LogP contribution in [0.15, 0.2) is 54.7 Å². The predicted octanol–water partition coefficient (Wildman–Crippen LogP) is 4.28. The number of amides is 1. The van der Waals surface area contributed by atoms with Crippen molar-refractivity contribution in [2.24, 2.45) is 5.92 Å². The maximum absolute atomic E-state index is 13.1. The zero-order valence-corrected chi connectivity index (χ0v) is 15.4. The quantitative estimate of drug-likeness (QED) is 0.731. The van der Waals surface area contributed by atoms with Crippen molar-refractivity contribution < 1.29 is 9.18 Å². The van der Waals surface area contributed by atoms with Gasteiger partial charge in [0.25, 0.3) is 5.91 Å². The lowest BCUT2D eigenvalue weighted by molar-refractivity contribution is 0.0949. The molecule has 0 spiro atoms. The Morgan fingerprint density at radius 1 is 1.26 bits per heavy atom. The van der Waals surface area contributed by atoms with Crippen LogP contribution in [-0.2, 0) is 0 Å². The molecule has 1 fully saturated rings. The first-order valence-electron chi connectivity index (χ1n) is 8.93. The van der Waals surface area contributed by atoms with E-state index in [1.165, 1.54) is 12.1 Å². The Morgan fingerprint density at radius 2 is 2.07 bits per heavy atom. The summed E-state index contributed by atoms with van der Waals surface area (Å²) in [5.41, 5.74) is 2.15. The molecule has 3 aromatic rings. The molecule has 2 heterocycles. The summed E-state index contributed by atoms with van der Waals surface area (Å²) in [5, 5.41) is 4.38. The van der Waals surface area contributed by atoms with Gasteiger partial charge in [-0.15, -0.1) is 0 Å². The van der Waals surface area contributed by atoms with Gasteiger partial charge in [-0.05, 0) is 54.8 Å². The molecule has 4 rings (SSSR count). The van der Waals surface area contributed by atoms with Crippen molar-refractivity contribution in [1.29, 1.82) is 0 Å². The van der Waals surface area contributed by atoms with E-state index in [9.17, 15) is 9.18 Å². The van der Waals surface area contributed by atoms with Crippen LogP contribution >= 0.6 is 11.6 Å². The third-order valence-electron chi connectivity index (χ3n) is 4.94. The molecule has 1 aromatic heterocycles. The monoisotopic (exact) mass is 383 g/mol. The Kier molecular flexibility index (Phi) is 4.94. The van der Waals surface area contributed by atoms with Crippen molar-refractivity contribution in [2.75, 3.05) is 24.5 Å². The summed E-state index contributed by atoms with van der Waals surface area (Å²) in [6.45, 7) is 2.31. The Balaban J connectivity index is 1.41. The Labute approximate surface area is 162 Å². The van der Waals surface area contributed by atoms with Gasteiger partial charge in [0.05, 0.1) is 11.1 Å². The molecule has 0 radical (unpaired) electrons. The number of rotatable bonds is 4. The number of pyridine rings is 1. The third-order valence-corrected chi connectivity index (χ3v) is 5.16. The molecule has 1 amide bonds. The Hall–Kier alpha value is -2.66. The Morgan fingerprint density at radius 3 is 2.89 bits per heavy atom. The number of nitrogens with zero attached hydrogens (tertiary/aromatic N) is 2. The lowest BCUT2D eigenvalue weighted by Gasteiger charge is -2.19. The SMILES string of the molecule is O=C(NCC1CCN(c2ccc(F)cc2)C1)c1cc(Cl)cc2cccnc12. The molecule has 2 aromatic carbocycles. The molecule has 27 heavy (non-hydrogen) atoms. The number of anilines is 1. The zero-order valence-electron chi connectivity index (χ0n) is 14.7. The third kappa shape index (κ3) is 3.88. The number of nitrogens with one attached hydrogen (secondary N) is 1. The van der Waals surface area contributed by atoms with Crippen LogP contribution in [0.4, 0.5) is 10.1 Å². The van der Waals surface area contributed by atoms with E-state index in [0.717, 1.165) is 30.6 Å². The molecule has 1 aliphatic rings. The molecule has 0 bridgehead atoms. The second-order valence-electron chi connectivity index (χ2n) is 6.82. The van der Waals surface area contributed by atoms with Crippen LogP contribution in [0, 0.1) is 11.7 Å². The van der Waals surface area contributed by atoms with E-state index < -0.39 is 0 Å². The molecule has 1 N–H and O–H groups in total. The first-order valence-corrected chi connectivity index (χ1v) is 9.31. The van der Waals surface area contributed by atoms with E-state index in [4.69, 9.17) is 11.6 Å². The molecule has 1 saturated heterocycles. The number of fused-ring (bicyclic) bond motifs is 1. The molecular formula is C21H19ClFN3O. The number of halogens is 2. The van der Waals surface area contributed by atoms with Crippen molar-refractivity contribution in [3.8, 4) is 0 Å². The van der Waals surface area contributed by atoms with Crippen molar-refractivity contribution in [3.05, 3.63) is 71.1 Å². The van der Waals surface area contributed by atoms with Crippen molar-refractivity contribution >= 4 is 34.1 Å². The van der Waals surface area contributed by atoms with Gasteiger partial charge in [-0.25, -0.2) is 4.39 Å². The van der Waals surface area contributed by atoms with Crippen molar-refractivity contribution in [2.45, 2.75) is 6.42 Å². The number of hydrogen-bond donors (Lipinski definition) is 1. The maximum Gasteiger partial charge on any atom is 0.253 e. The van der Waals surface area contributed by atoms with Crippen LogP contribution in [0.3, 0.4) is 0 Å². The van der Waals surface area contributed by atoms with Crippen LogP contribution in [-0.4, -0.2) is 30.5 Å². The average molecular weight is 384 g/mol. The molecule has 0 saturated carbocycles. The van der Waals surface area contributed by atoms with E-state index >= 15 is 0 Å². The van der Waals surface area contributed by atoms with E-state index in [1.807, 2.05) is 12.1 Å². The van der Waals surface area contributed by atoms with Gasteiger partial charge in [-0.2, -0.15) is 0 Å². The first-order chi connectivity index (χ1) is 13.1. The number of hydrogen-bond acceptors (Lipinski definition) is 3. The molecule has 0 aliphatic carbocycles. The summed E-state index contributed by atoms with van der Waals surface area (Å²) in [4.78, 5) is 19.2. The molecule has 4 nitrogen and oxygen atoms in total. The summed E-state index contributed by atoms with van der Waals surface area (Å²) in [7, 11) is 0. The highest BCUT2D eigenvalue weighted by Crippen LogP contribution is 2.25. The van der Waals surface area contributed by atoms with Crippen molar-refractivity contribution in [3.63, 3.8) is 0 Å². The lowest BCUT2D eigenvalue weighted by Crippen LogP contribution is -2.31. The number of aromatic nitrogens is 1. The molecule has 1 aliphatic heterocycles. The number of benzene rings is 2. The molecule has 1 atom stereocenters. The summed E-state index contributed by atoms with van der Waals surface area (Å²) in [6.07, 6.45) is 2.65. The summed E-state index contributed by atoms with van der Waals surface area (Å²) < 4.78 is 13.1. The zero-order chi connectivity index (χ0) is 18.8. The normalized spacial score (nSPS) is 16.7. The van der Waals surface area contributed by atoms with Gasteiger partial charge >= 0.3 is 0 Å². The summed E-state index contributed by atoms with van der Waals surface area (Å²) in [6, 6.07) is 13.7. The molecule has 6 heteroatoms. The van der Waals surface area contributed by atoms with Gasteiger partial charge in [-0.1, -0.05) is 17.7 Å².